The number of hydrogen-bond donors (Lipinski definition) is 1. The molecule has 0 radical (unpaired) electrons. The molecule has 0 amide bonds. The normalized spacial score (nSPS) is 16.3. The lowest BCUT2D eigenvalue weighted by atomic mass is 10.2. The number of fused-ring (bicyclic) bond motifs is 1. The van der Waals surface area contributed by atoms with Gasteiger partial charge in [-0.25, -0.2) is 4.98 Å². The molecule has 1 aromatic carbocycles. The van der Waals surface area contributed by atoms with Gasteiger partial charge in [-0.15, -0.1) is 0 Å². The van der Waals surface area contributed by atoms with Crippen molar-refractivity contribution in [1.29, 1.82) is 0 Å². The van der Waals surface area contributed by atoms with Gasteiger partial charge in [0.15, 0.2) is 0 Å². The van der Waals surface area contributed by atoms with Gasteiger partial charge >= 0.3 is 0 Å². The zero-order chi connectivity index (χ0) is 14.7. The summed E-state index contributed by atoms with van der Waals surface area (Å²) >= 11 is 9.69. The Hall–Kier alpha value is -0.880. The number of rotatable bonds is 4. The van der Waals surface area contributed by atoms with E-state index >= 15 is 0 Å². The number of morpholine rings is 1. The highest BCUT2D eigenvalue weighted by Crippen LogP contribution is 2.27. The molecule has 4 nitrogen and oxygen atoms in total. The van der Waals surface area contributed by atoms with E-state index in [9.17, 15) is 0 Å². The lowest BCUT2D eigenvalue weighted by molar-refractivity contribution is 0.0398. The Morgan fingerprint density at radius 2 is 2.10 bits per heavy atom. The van der Waals surface area contributed by atoms with Crippen LogP contribution < -0.4 is 5.32 Å². The molecule has 112 valence electrons. The quantitative estimate of drug-likeness (QED) is 0.895. The Balaban J connectivity index is 1.64. The van der Waals surface area contributed by atoms with E-state index in [1.54, 1.807) is 0 Å². The van der Waals surface area contributed by atoms with Gasteiger partial charge < -0.3 is 10.1 Å². The van der Waals surface area contributed by atoms with E-state index in [4.69, 9.17) is 16.3 Å². The fourth-order valence-corrected chi connectivity index (χ4v) is 3.30. The topological polar surface area (TPSA) is 37.4 Å². The molecule has 6 heteroatoms. The molecule has 0 spiro atoms. The van der Waals surface area contributed by atoms with Crippen LogP contribution in [-0.4, -0.2) is 49.3 Å². The second-order valence-electron chi connectivity index (χ2n) is 5.04. The van der Waals surface area contributed by atoms with Crippen LogP contribution >= 0.6 is 27.5 Å². The van der Waals surface area contributed by atoms with Crippen molar-refractivity contribution in [3.63, 3.8) is 0 Å². The zero-order valence-corrected chi connectivity index (χ0v) is 14.0. The van der Waals surface area contributed by atoms with Crippen molar-refractivity contribution in [3.05, 3.63) is 33.8 Å². The molecule has 1 fully saturated rings. The molecule has 3 rings (SSSR count). The third kappa shape index (κ3) is 3.86. The lowest BCUT2D eigenvalue weighted by Gasteiger charge is -2.26. The van der Waals surface area contributed by atoms with Crippen molar-refractivity contribution in [2.45, 2.75) is 0 Å². The molecular weight excluding hydrogens is 354 g/mol. The fraction of sp³-hybridized carbons (Fsp3) is 0.400. The molecule has 2 heterocycles. The summed E-state index contributed by atoms with van der Waals surface area (Å²) in [7, 11) is 0. The van der Waals surface area contributed by atoms with Gasteiger partial charge in [-0.3, -0.25) is 4.90 Å². The van der Waals surface area contributed by atoms with E-state index in [2.05, 4.69) is 31.1 Å². The fourth-order valence-electron chi connectivity index (χ4n) is 2.42. The van der Waals surface area contributed by atoms with Gasteiger partial charge in [0.25, 0.3) is 0 Å². The van der Waals surface area contributed by atoms with Crippen molar-refractivity contribution in [2.75, 3.05) is 44.7 Å². The second-order valence-corrected chi connectivity index (χ2v) is 6.36. The van der Waals surface area contributed by atoms with Crippen LogP contribution in [-0.2, 0) is 4.74 Å². The van der Waals surface area contributed by atoms with Crippen molar-refractivity contribution in [1.82, 2.24) is 9.88 Å². The van der Waals surface area contributed by atoms with Gasteiger partial charge in [-0.05, 0) is 24.3 Å². The van der Waals surface area contributed by atoms with Crippen LogP contribution in [0.5, 0.6) is 0 Å². The molecule has 1 N–H and O–H groups in total. The highest BCUT2D eigenvalue weighted by molar-refractivity contribution is 9.10. The summed E-state index contributed by atoms with van der Waals surface area (Å²) in [5, 5.41) is 5.06. The zero-order valence-electron chi connectivity index (χ0n) is 11.6. The van der Waals surface area contributed by atoms with Gasteiger partial charge in [-0.1, -0.05) is 27.5 Å². The molecule has 1 aliphatic rings. The summed E-state index contributed by atoms with van der Waals surface area (Å²) in [4.78, 5) is 6.98. The molecular formula is C15H17BrClN3O. The van der Waals surface area contributed by atoms with E-state index < -0.39 is 0 Å². The number of anilines is 1. The number of ether oxygens (including phenoxy) is 1. The SMILES string of the molecule is Clc1cc(Br)cc2ccc(NCCN3CCOCC3)nc12. The van der Waals surface area contributed by atoms with Gasteiger partial charge in [0.1, 0.15) is 5.82 Å². The second kappa shape index (κ2) is 6.92. The predicted molar refractivity (Wildman–Crippen MR) is 90.2 cm³/mol. The summed E-state index contributed by atoms with van der Waals surface area (Å²) < 4.78 is 6.31. The minimum Gasteiger partial charge on any atom is -0.379 e. The predicted octanol–water partition coefficient (Wildman–Crippen LogP) is 3.39. The minimum absolute atomic E-state index is 0.663. The van der Waals surface area contributed by atoms with Gasteiger partial charge in [0, 0.05) is 36.0 Å². The van der Waals surface area contributed by atoms with Crippen molar-refractivity contribution < 1.29 is 4.74 Å². The molecule has 0 unspecified atom stereocenters. The number of nitrogens with zero attached hydrogens (tertiary/aromatic N) is 2. The summed E-state index contributed by atoms with van der Waals surface area (Å²) in [6.45, 7) is 5.54. The van der Waals surface area contributed by atoms with Crippen LogP contribution in [0.25, 0.3) is 10.9 Å². The first-order chi connectivity index (χ1) is 10.2. The third-order valence-corrected chi connectivity index (χ3v) is 4.29. The lowest BCUT2D eigenvalue weighted by Crippen LogP contribution is -2.39. The number of pyridine rings is 1. The Morgan fingerprint density at radius 1 is 1.29 bits per heavy atom. The highest BCUT2D eigenvalue weighted by atomic mass is 79.9. The summed E-state index contributed by atoms with van der Waals surface area (Å²) in [5.41, 5.74) is 0.830. The van der Waals surface area contributed by atoms with Crippen LogP contribution in [0.3, 0.4) is 0 Å². The number of nitrogens with one attached hydrogen (secondary N) is 1. The van der Waals surface area contributed by atoms with Crippen LogP contribution in [0.2, 0.25) is 5.02 Å². The number of hydrogen-bond acceptors (Lipinski definition) is 4. The maximum absolute atomic E-state index is 6.25. The van der Waals surface area contributed by atoms with E-state index in [1.807, 2.05) is 24.3 Å². The maximum atomic E-state index is 6.25. The summed E-state index contributed by atoms with van der Waals surface area (Å²) in [5.74, 6) is 0.861. The van der Waals surface area contributed by atoms with Gasteiger partial charge in [0.05, 0.1) is 23.8 Å². The average molecular weight is 371 g/mol. The molecule has 2 aromatic rings. The molecule has 0 bridgehead atoms. The van der Waals surface area contributed by atoms with Crippen molar-refractivity contribution in [2.24, 2.45) is 0 Å². The van der Waals surface area contributed by atoms with E-state index in [-0.39, 0.29) is 0 Å². The van der Waals surface area contributed by atoms with E-state index in [0.717, 1.165) is 60.6 Å². The first kappa shape index (κ1) is 15.0. The maximum Gasteiger partial charge on any atom is 0.126 e. The van der Waals surface area contributed by atoms with E-state index in [1.165, 1.54) is 0 Å². The van der Waals surface area contributed by atoms with Crippen LogP contribution in [0.15, 0.2) is 28.7 Å². The Labute approximate surface area is 137 Å². The minimum atomic E-state index is 0.663. The molecule has 1 aromatic heterocycles. The van der Waals surface area contributed by atoms with Crippen LogP contribution in [0, 0.1) is 0 Å². The number of benzene rings is 1. The number of halogens is 2. The first-order valence-electron chi connectivity index (χ1n) is 7.02. The monoisotopic (exact) mass is 369 g/mol. The molecule has 1 saturated heterocycles. The summed E-state index contributed by atoms with van der Waals surface area (Å²) in [6, 6.07) is 7.92. The smallest absolute Gasteiger partial charge is 0.126 e. The van der Waals surface area contributed by atoms with Crippen molar-refractivity contribution in [3.8, 4) is 0 Å². The van der Waals surface area contributed by atoms with E-state index in [0.29, 0.717) is 5.02 Å². The van der Waals surface area contributed by atoms with Crippen LogP contribution in [0.4, 0.5) is 5.82 Å². The summed E-state index contributed by atoms with van der Waals surface area (Å²) in [6.07, 6.45) is 0. The average Bonchev–Trinajstić information content (AvgIpc) is 2.49. The Morgan fingerprint density at radius 3 is 2.90 bits per heavy atom. The largest absolute Gasteiger partial charge is 0.379 e. The van der Waals surface area contributed by atoms with Gasteiger partial charge in [0.2, 0.25) is 0 Å². The molecule has 1 aliphatic heterocycles. The molecule has 0 saturated carbocycles. The molecule has 0 aliphatic carbocycles. The molecule has 0 atom stereocenters. The molecule has 21 heavy (non-hydrogen) atoms. The Kier molecular flexibility index (Phi) is 4.95. The standard InChI is InChI=1S/C15H17BrClN3O/c16-12-9-11-1-2-14(19-15(11)13(17)10-12)18-3-4-20-5-7-21-8-6-20/h1-2,9-10H,3-8H2,(H,18,19). The number of aromatic nitrogens is 1. The van der Waals surface area contributed by atoms with Gasteiger partial charge in [-0.2, -0.15) is 0 Å². The van der Waals surface area contributed by atoms with Crippen LogP contribution in [0.1, 0.15) is 0 Å². The Bertz CT molecular complexity index is 632. The third-order valence-electron chi connectivity index (χ3n) is 3.55. The first-order valence-corrected chi connectivity index (χ1v) is 8.19. The van der Waals surface area contributed by atoms with Crippen molar-refractivity contribution >= 4 is 44.3 Å². The highest BCUT2D eigenvalue weighted by Gasteiger charge is 2.09.